The minimum Gasteiger partial charge on any atom is -0.459 e. The van der Waals surface area contributed by atoms with Crippen LogP contribution in [0.5, 0.6) is 0 Å². The molecule has 6 heteroatoms. The van der Waals surface area contributed by atoms with Crippen molar-refractivity contribution in [3.8, 4) is 0 Å². The highest BCUT2D eigenvalue weighted by atomic mass is 16.6. The molecule has 4 unspecified atom stereocenters. The quantitative estimate of drug-likeness (QED) is 0.549. The Hall–Kier alpha value is -1.59. The smallest absolute Gasteiger partial charge is 0.311 e. The van der Waals surface area contributed by atoms with E-state index < -0.39 is 35.1 Å². The van der Waals surface area contributed by atoms with Crippen LogP contribution in [0, 0.1) is 17.3 Å². The van der Waals surface area contributed by atoms with Gasteiger partial charge in [-0.25, -0.2) is 0 Å². The van der Waals surface area contributed by atoms with E-state index >= 15 is 0 Å². The van der Waals surface area contributed by atoms with E-state index in [1.165, 1.54) is 0 Å². The van der Waals surface area contributed by atoms with Crippen LogP contribution < -0.4 is 0 Å². The Morgan fingerprint density at radius 1 is 1.23 bits per heavy atom. The minimum atomic E-state index is -0.604. The normalized spacial score (nSPS) is 32.8. The number of carbonyl (C=O) groups excluding carboxylic acids is 3. The fourth-order valence-electron chi connectivity index (χ4n) is 4.12. The molecule has 3 rings (SSSR count). The van der Waals surface area contributed by atoms with Gasteiger partial charge in [-0.2, -0.15) is 0 Å². The maximum atomic E-state index is 12.8. The molecule has 1 aliphatic heterocycles. The third kappa shape index (κ3) is 3.60. The molecule has 26 heavy (non-hydrogen) atoms. The van der Waals surface area contributed by atoms with E-state index in [-0.39, 0.29) is 17.9 Å². The van der Waals surface area contributed by atoms with Crippen LogP contribution in [0.25, 0.3) is 0 Å². The summed E-state index contributed by atoms with van der Waals surface area (Å²) in [5, 5.41) is 0. The van der Waals surface area contributed by atoms with E-state index in [0.717, 1.165) is 25.7 Å². The van der Waals surface area contributed by atoms with Crippen molar-refractivity contribution in [1.29, 1.82) is 0 Å². The molecule has 146 valence electrons. The predicted octanol–water partition coefficient (Wildman–Crippen LogP) is 3.16. The summed E-state index contributed by atoms with van der Waals surface area (Å²) in [6.07, 6.45) is 4.14. The summed E-state index contributed by atoms with van der Waals surface area (Å²) in [4.78, 5) is 37.5. The maximum Gasteiger partial charge on any atom is 0.311 e. The van der Waals surface area contributed by atoms with E-state index in [9.17, 15) is 14.4 Å². The highest BCUT2D eigenvalue weighted by Gasteiger charge is 2.54. The lowest BCUT2D eigenvalue weighted by Crippen LogP contribution is -2.44. The number of hydrogen-bond acceptors (Lipinski definition) is 6. The summed E-state index contributed by atoms with van der Waals surface area (Å²) in [6.45, 7) is 7.54. The number of ether oxygens (including phenoxy) is 3. The highest BCUT2D eigenvalue weighted by molar-refractivity contribution is 5.84. The first-order valence-corrected chi connectivity index (χ1v) is 9.80. The summed E-state index contributed by atoms with van der Waals surface area (Å²) in [5.41, 5.74) is -1.04. The fraction of sp³-hybridized carbons (Fsp3) is 0.850. The molecule has 4 atom stereocenters. The standard InChI is InChI=1S/C20H30O6/c1-5-19(2,3)18(23)25-15-11-13(12-10-14(15)24-16(12)21)17(22)26-20(4)8-6-7-9-20/h12-15H,5-11H2,1-4H3. The van der Waals surface area contributed by atoms with Crippen molar-refractivity contribution in [1.82, 2.24) is 0 Å². The summed E-state index contributed by atoms with van der Waals surface area (Å²) < 4.78 is 16.9. The van der Waals surface area contributed by atoms with Gasteiger partial charge in [0.05, 0.1) is 17.3 Å². The summed E-state index contributed by atoms with van der Waals surface area (Å²) in [5.74, 6) is -2.12. The van der Waals surface area contributed by atoms with Gasteiger partial charge in [-0.15, -0.1) is 0 Å². The van der Waals surface area contributed by atoms with Crippen LogP contribution in [0.15, 0.2) is 0 Å². The number of hydrogen-bond donors (Lipinski definition) is 0. The van der Waals surface area contributed by atoms with Gasteiger partial charge in [0, 0.05) is 12.8 Å². The van der Waals surface area contributed by atoms with Gasteiger partial charge in [-0.1, -0.05) is 6.92 Å². The Bertz CT molecular complexity index is 589. The van der Waals surface area contributed by atoms with Crippen LogP contribution in [0.4, 0.5) is 0 Å². The lowest BCUT2D eigenvalue weighted by atomic mass is 9.78. The van der Waals surface area contributed by atoms with Gasteiger partial charge < -0.3 is 14.2 Å². The molecular weight excluding hydrogens is 336 g/mol. The molecule has 0 spiro atoms. The number of carbonyl (C=O) groups is 3. The van der Waals surface area contributed by atoms with Crippen molar-refractivity contribution in [3.05, 3.63) is 0 Å². The largest absolute Gasteiger partial charge is 0.459 e. The molecule has 1 saturated heterocycles. The first kappa shape index (κ1) is 19.2. The topological polar surface area (TPSA) is 78.9 Å². The van der Waals surface area contributed by atoms with Crippen molar-refractivity contribution in [3.63, 3.8) is 0 Å². The minimum absolute atomic E-state index is 0.293. The Kier molecular flexibility index (Phi) is 5.06. The third-order valence-corrected chi connectivity index (χ3v) is 6.45. The molecule has 3 fully saturated rings. The monoisotopic (exact) mass is 366 g/mol. The van der Waals surface area contributed by atoms with Gasteiger partial charge in [-0.3, -0.25) is 14.4 Å². The number of rotatable bonds is 5. The van der Waals surface area contributed by atoms with E-state index in [0.29, 0.717) is 19.3 Å². The highest BCUT2D eigenvalue weighted by Crippen LogP contribution is 2.43. The lowest BCUT2D eigenvalue weighted by Gasteiger charge is -2.34. The van der Waals surface area contributed by atoms with Crippen LogP contribution in [-0.4, -0.2) is 35.7 Å². The first-order chi connectivity index (χ1) is 12.1. The molecule has 2 aliphatic carbocycles. The molecule has 2 saturated carbocycles. The van der Waals surface area contributed by atoms with Gasteiger partial charge in [-0.05, 0) is 52.9 Å². The van der Waals surface area contributed by atoms with Crippen LogP contribution in [0.1, 0.15) is 72.6 Å². The van der Waals surface area contributed by atoms with E-state index in [4.69, 9.17) is 14.2 Å². The van der Waals surface area contributed by atoms with Crippen LogP contribution in [-0.2, 0) is 28.6 Å². The zero-order chi connectivity index (χ0) is 19.1. The average molecular weight is 366 g/mol. The Morgan fingerprint density at radius 3 is 2.50 bits per heavy atom. The molecule has 0 amide bonds. The zero-order valence-corrected chi connectivity index (χ0v) is 16.2. The van der Waals surface area contributed by atoms with Crippen LogP contribution in [0.2, 0.25) is 0 Å². The van der Waals surface area contributed by atoms with Gasteiger partial charge >= 0.3 is 17.9 Å². The fourth-order valence-corrected chi connectivity index (χ4v) is 4.12. The van der Waals surface area contributed by atoms with Crippen molar-refractivity contribution in [2.75, 3.05) is 0 Å². The second-order valence-electron chi connectivity index (χ2n) is 8.92. The molecule has 0 aromatic heterocycles. The van der Waals surface area contributed by atoms with E-state index in [1.54, 1.807) is 0 Å². The van der Waals surface area contributed by atoms with Crippen molar-refractivity contribution >= 4 is 17.9 Å². The van der Waals surface area contributed by atoms with Gasteiger partial charge in [0.2, 0.25) is 0 Å². The molecule has 3 aliphatic rings. The molecule has 0 aromatic rings. The zero-order valence-electron chi connectivity index (χ0n) is 16.2. The molecule has 6 nitrogen and oxygen atoms in total. The van der Waals surface area contributed by atoms with E-state index in [2.05, 4.69) is 0 Å². The number of esters is 3. The van der Waals surface area contributed by atoms with Gasteiger partial charge in [0.1, 0.15) is 17.8 Å². The second-order valence-corrected chi connectivity index (χ2v) is 8.92. The lowest BCUT2D eigenvalue weighted by molar-refractivity contribution is -0.175. The molecule has 0 N–H and O–H groups in total. The van der Waals surface area contributed by atoms with Crippen molar-refractivity contribution in [2.24, 2.45) is 17.3 Å². The van der Waals surface area contributed by atoms with Gasteiger partial charge in [0.15, 0.2) is 0 Å². The summed E-state index contributed by atoms with van der Waals surface area (Å²) >= 11 is 0. The van der Waals surface area contributed by atoms with Gasteiger partial charge in [0.25, 0.3) is 0 Å². The average Bonchev–Trinajstić information content (AvgIpc) is 3.14. The SMILES string of the molecule is CCC(C)(C)C(=O)OC1CC(C(=O)OC2(C)CCCC2)C2CC1OC2=O. The molecular formula is C20H30O6. The molecule has 0 aromatic carbocycles. The van der Waals surface area contributed by atoms with Crippen molar-refractivity contribution in [2.45, 2.75) is 90.4 Å². The van der Waals surface area contributed by atoms with Crippen molar-refractivity contribution < 1.29 is 28.6 Å². The molecule has 0 radical (unpaired) electrons. The maximum absolute atomic E-state index is 12.8. The Balaban J connectivity index is 1.71. The van der Waals surface area contributed by atoms with Crippen LogP contribution >= 0.6 is 0 Å². The summed E-state index contributed by atoms with van der Waals surface area (Å²) in [6, 6.07) is 0. The first-order valence-electron chi connectivity index (χ1n) is 9.80. The Labute approximate surface area is 154 Å². The molecule has 1 heterocycles. The predicted molar refractivity (Wildman–Crippen MR) is 93.0 cm³/mol. The Morgan fingerprint density at radius 2 is 1.88 bits per heavy atom. The number of fused-ring (bicyclic) bond motifs is 2. The summed E-state index contributed by atoms with van der Waals surface area (Å²) in [7, 11) is 0. The third-order valence-electron chi connectivity index (χ3n) is 6.45. The van der Waals surface area contributed by atoms with E-state index in [1.807, 2.05) is 27.7 Å². The molecule has 2 bridgehead atoms. The second kappa shape index (κ2) is 6.86. The van der Waals surface area contributed by atoms with Crippen LogP contribution in [0.3, 0.4) is 0 Å².